The van der Waals surface area contributed by atoms with Crippen LogP contribution in [0, 0.1) is 0 Å². The van der Waals surface area contributed by atoms with Crippen LogP contribution in [0.25, 0.3) is 0 Å². The molecule has 0 unspecified atom stereocenters. The van der Waals surface area contributed by atoms with Gasteiger partial charge in [0, 0.05) is 12.8 Å². The Morgan fingerprint density at radius 1 is 1.50 bits per heavy atom. The van der Waals surface area contributed by atoms with Crippen molar-refractivity contribution < 1.29 is 9.53 Å². The minimum Gasteiger partial charge on any atom is -0.413 e. The number of hydrogen-bond acceptors (Lipinski definition) is 3. The third kappa shape index (κ3) is 1.30. The fourth-order valence-corrected chi connectivity index (χ4v) is 1.17. The van der Waals surface area contributed by atoms with Crippen molar-refractivity contribution in [2.24, 2.45) is 4.99 Å². The van der Waals surface area contributed by atoms with Crippen LogP contribution in [0.2, 0.25) is 0 Å². The second-order valence-electron chi connectivity index (χ2n) is 2.66. The molecule has 3 heteroatoms. The summed E-state index contributed by atoms with van der Waals surface area (Å²) < 4.78 is 4.65. The fourth-order valence-electron chi connectivity index (χ4n) is 1.17. The number of hydrogen-bond donors (Lipinski definition) is 0. The van der Waals surface area contributed by atoms with E-state index < -0.39 is 5.54 Å². The molecule has 64 valence electrons. The van der Waals surface area contributed by atoms with E-state index >= 15 is 0 Å². The van der Waals surface area contributed by atoms with E-state index in [9.17, 15) is 4.79 Å². The highest BCUT2D eigenvalue weighted by Gasteiger charge is 2.40. The zero-order valence-electron chi connectivity index (χ0n) is 6.82. The minimum atomic E-state index is -0.774. The molecule has 0 amide bonds. The van der Waals surface area contributed by atoms with E-state index in [1.165, 1.54) is 6.40 Å². The average molecular weight is 165 g/mol. The van der Waals surface area contributed by atoms with Crippen molar-refractivity contribution in [3.8, 4) is 0 Å². The van der Waals surface area contributed by atoms with Gasteiger partial charge in [0.25, 0.3) is 0 Å². The SMILES string of the molecule is C=CCC1(CC=C)N=COC1=O. The van der Waals surface area contributed by atoms with Crippen LogP contribution >= 0.6 is 0 Å². The first-order valence-corrected chi connectivity index (χ1v) is 3.72. The van der Waals surface area contributed by atoms with Crippen molar-refractivity contribution in [2.45, 2.75) is 18.4 Å². The number of nitrogens with zero attached hydrogens (tertiary/aromatic N) is 1. The molecule has 1 aliphatic rings. The molecule has 0 aromatic heterocycles. The molecule has 0 radical (unpaired) electrons. The van der Waals surface area contributed by atoms with Crippen LogP contribution in [0.4, 0.5) is 0 Å². The molecule has 12 heavy (non-hydrogen) atoms. The van der Waals surface area contributed by atoms with Gasteiger partial charge in [-0.2, -0.15) is 0 Å². The van der Waals surface area contributed by atoms with E-state index in [2.05, 4.69) is 22.9 Å². The maximum Gasteiger partial charge on any atom is 0.341 e. The third-order valence-electron chi connectivity index (χ3n) is 1.80. The van der Waals surface area contributed by atoms with Crippen molar-refractivity contribution in [3.63, 3.8) is 0 Å². The summed E-state index contributed by atoms with van der Waals surface area (Å²) in [5.74, 6) is -0.317. The quantitative estimate of drug-likeness (QED) is 0.467. The van der Waals surface area contributed by atoms with Crippen molar-refractivity contribution in [1.29, 1.82) is 0 Å². The van der Waals surface area contributed by atoms with E-state index in [4.69, 9.17) is 0 Å². The topological polar surface area (TPSA) is 38.7 Å². The first-order chi connectivity index (χ1) is 5.75. The Hall–Kier alpha value is -1.38. The summed E-state index contributed by atoms with van der Waals surface area (Å²) in [6.45, 7) is 7.14. The monoisotopic (exact) mass is 165 g/mol. The van der Waals surface area contributed by atoms with E-state index in [0.717, 1.165) is 0 Å². The highest BCUT2D eigenvalue weighted by molar-refractivity contribution is 5.92. The Morgan fingerprint density at radius 3 is 2.42 bits per heavy atom. The van der Waals surface area contributed by atoms with Gasteiger partial charge in [-0.05, 0) is 0 Å². The zero-order valence-corrected chi connectivity index (χ0v) is 6.82. The van der Waals surface area contributed by atoms with Gasteiger partial charge in [0.05, 0.1) is 0 Å². The number of rotatable bonds is 4. The minimum absolute atomic E-state index is 0.317. The smallest absolute Gasteiger partial charge is 0.341 e. The number of aliphatic imine (C=N–C) groups is 1. The molecule has 0 fully saturated rings. The molecule has 3 nitrogen and oxygen atoms in total. The molecule has 0 spiro atoms. The van der Waals surface area contributed by atoms with Crippen LogP contribution < -0.4 is 0 Å². The molecule has 1 heterocycles. The maximum absolute atomic E-state index is 11.2. The lowest BCUT2D eigenvalue weighted by atomic mass is 9.93. The number of carbonyl (C=O) groups excluding carboxylic acids is 1. The maximum atomic E-state index is 11.2. The number of esters is 1. The van der Waals surface area contributed by atoms with Crippen LogP contribution in [0.1, 0.15) is 12.8 Å². The van der Waals surface area contributed by atoms with E-state index in [1.807, 2.05) is 0 Å². The second kappa shape index (κ2) is 3.34. The molecular formula is C9H11NO2. The van der Waals surface area contributed by atoms with Crippen molar-refractivity contribution in [1.82, 2.24) is 0 Å². The molecular weight excluding hydrogens is 154 g/mol. The van der Waals surface area contributed by atoms with Crippen LogP contribution in [0.15, 0.2) is 30.3 Å². The van der Waals surface area contributed by atoms with Crippen LogP contribution in [0.3, 0.4) is 0 Å². The highest BCUT2D eigenvalue weighted by atomic mass is 16.5. The Balaban J connectivity index is 2.83. The van der Waals surface area contributed by atoms with Gasteiger partial charge < -0.3 is 4.74 Å². The molecule has 0 saturated carbocycles. The van der Waals surface area contributed by atoms with Crippen molar-refractivity contribution in [3.05, 3.63) is 25.3 Å². The lowest BCUT2D eigenvalue weighted by Crippen LogP contribution is -2.32. The van der Waals surface area contributed by atoms with Gasteiger partial charge in [-0.25, -0.2) is 9.79 Å². The Kier molecular flexibility index (Phi) is 2.43. The van der Waals surface area contributed by atoms with Crippen LogP contribution in [-0.2, 0) is 9.53 Å². The zero-order chi connectivity index (χ0) is 9.03. The average Bonchev–Trinajstić information content (AvgIpc) is 2.35. The summed E-state index contributed by atoms with van der Waals surface area (Å²) in [7, 11) is 0. The summed E-state index contributed by atoms with van der Waals surface area (Å²) in [5.41, 5.74) is -0.774. The van der Waals surface area contributed by atoms with Crippen LogP contribution in [-0.4, -0.2) is 17.9 Å². The van der Waals surface area contributed by atoms with E-state index in [1.54, 1.807) is 12.2 Å². The molecule has 0 aliphatic carbocycles. The first-order valence-electron chi connectivity index (χ1n) is 3.72. The van der Waals surface area contributed by atoms with Gasteiger partial charge in [-0.3, -0.25) is 0 Å². The summed E-state index contributed by atoms with van der Waals surface area (Å²) in [6, 6.07) is 0. The molecule has 0 aromatic rings. The molecule has 1 rings (SSSR count). The van der Waals surface area contributed by atoms with Gasteiger partial charge in [-0.1, -0.05) is 12.2 Å². The molecule has 0 saturated heterocycles. The Morgan fingerprint density at radius 2 is 2.08 bits per heavy atom. The molecule has 0 aromatic carbocycles. The third-order valence-corrected chi connectivity index (χ3v) is 1.80. The van der Waals surface area contributed by atoms with Gasteiger partial charge in [-0.15, -0.1) is 13.2 Å². The summed E-state index contributed by atoms with van der Waals surface area (Å²) >= 11 is 0. The first kappa shape index (κ1) is 8.71. The largest absolute Gasteiger partial charge is 0.413 e. The van der Waals surface area contributed by atoms with Crippen LogP contribution in [0.5, 0.6) is 0 Å². The van der Waals surface area contributed by atoms with Gasteiger partial charge in [0.2, 0.25) is 0 Å². The van der Waals surface area contributed by atoms with Gasteiger partial charge in [0.15, 0.2) is 11.9 Å². The number of cyclic esters (lactones) is 1. The van der Waals surface area contributed by atoms with Gasteiger partial charge in [0.1, 0.15) is 0 Å². The number of carbonyl (C=O) groups is 1. The Bertz CT molecular complexity index is 233. The highest BCUT2D eigenvalue weighted by Crippen LogP contribution is 2.26. The van der Waals surface area contributed by atoms with E-state index in [-0.39, 0.29) is 5.97 Å². The van der Waals surface area contributed by atoms with E-state index in [0.29, 0.717) is 12.8 Å². The Labute approximate surface area is 71.4 Å². The summed E-state index contributed by atoms with van der Waals surface area (Å²) in [5, 5.41) is 0. The standard InChI is InChI=1S/C9H11NO2/c1-3-5-9(6-4-2)8(11)12-7-10-9/h3-4,7H,1-2,5-6H2. The predicted octanol–water partition coefficient (Wildman–Crippen LogP) is 1.46. The summed E-state index contributed by atoms with van der Waals surface area (Å²) in [6.07, 6.45) is 5.50. The molecule has 0 bridgehead atoms. The van der Waals surface area contributed by atoms with Crippen molar-refractivity contribution in [2.75, 3.05) is 0 Å². The second-order valence-corrected chi connectivity index (χ2v) is 2.66. The predicted molar refractivity (Wildman–Crippen MR) is 46.9 cm³/mol. The van der Waals surface area contributed by atoms with Crippen molar-refractivity contribution >= 4 is 12.4 Å². The molecule has 0 N–H and O–H groups in total. The molecule has 0 atom stereocenters. The lowest BCUT2D eigenvalue weighted by molar-refractivity contribution is -0.138. The summed E-state index contributed by atoms with van der Waals surface area (Å²) in [4.78, 5) is 15.2. The normalized spacial score (nSPS) is 18.8. The number of ether oxygens (including phenoxy) is 1. The molecule has 1 aliphatic heterocycles. The lowest BCUT2D eigenvalue weighted by Gasteiger charge is -2.17. The van der Waals surface area contributed by atoms with Gasteiger partial charge >= 0.3 is 5.97 Å². The fraction of sp³-hybridized carbons (Fsp3) is 0.333.